The van der Waals surface area contributed by atoms with Crippen LogP contribution in [-0.4, -0.2) is 48.9 Å². The highest BCUT2D eigenvalue weighted by Crippen LogP contribution is 2.18. The summed E-state index contributed by atoms with van der Waals surface area (Å²) in [6.07, 6.45) is 2.09. The van der Waals surface area contributed by atoms with Crippen molar-refractivity contribution in [1.82, 2.24) is 10.2 Å². The van der Waals surface area contributed by atoms with Crippen molar-refractivity contribution in [2.45, 2.75) is 25.3 Å². The first-order valence-electron chi connectivity index (χ1n) is 8.68. The molecule has 1 N–H and O–H groups in total. The average Bonchev–Trinajstić information content (AvgIpc) is 3.43. The number of nitrogens with zero attached hydrogens (tertiary/aromatic N) is 1. The summed E-state index contributed by atoms with van der Waals surface area (Å²) in [6, 6.07) is 13.9. The van der Waals surface area contributed by atoms with Gasteiger partial charge in [-0.15, -0.1) is 0 Å². The van der Waals surface area contributed by atoms with E-state index in [2.05, 4.69) is 5.32 Å². The summed E-state index contributed by atoms with van der Waals surface area (Å²) in [7, 11) is 1.52. The summed E-state index contributed by atoms with van der Waals surface area (Å²) in [5, 5.41) is 4.97. The lowest BCUT2D eigenvalue weighted by atomic mass is 10.1. The Bertz CT molecular complexity index is 829. The summed E-state index contributed by atoms with van der Waals surface area (Å²) in [5.74, 6) is -1.06. The zero-order valence-corrected chi connectivity index (χ0v) is 14.7. The second-order valence-corrected chi connectivity index (χ2v) is 6.61. The molecule has 136 valence electrons. The molecule has 1 aliphatic carbocycles. The quantitative estimate of drug-likeness (QED) is 0.768. The van der Waals surface area contributed by atoms with Crippen LogP contribution in [0.3, 0.4) is 0 Å². The van der Waals surface area contributed by atoms with Crippen molar-refractivity contribution in [1.29, 1.82) is 0 Å². The molecule has 0 bridgehead atoms. The molecular weight excluding hydrogens is 332 g/mol. The molecule has 0 spiro atoms. The fourth-order valence-corrected chi connectivity index (χ4v) is 2.62. The zero-order valence-electron chi connectivity index (χ0n) is 14.7. The molecule has 1 fully saturated rings. The van der Waals surface area contributed by atoms with Crippen molar-refractivity contribution in [3.05, 3.63) is 48.0 Å². The smallest absolute Gasteiger partial charge is 0.310 e. The molecule has 1 saturated carbocycles. The van der Waals surface area contributed by atoms with Crippen molar-refractivity contribution in [2.75, 3.05) is 20.2 Å². The number of ether oxygens (including phenoxy) is 1. The van der Waals surface area contributed by atoms with E-state index in [1.54, 1.807) is 0 Å². The molecule has 2 amide bonds. The molecule has 0 aliphatic heterocycles. The Morgan fingerprint density at radius 2 is 1.85 bits per heavy atom. The Morgan fingerprint density at radius 3 is 2.58 bits per heavy atom. The minimum Gasteiger partial charge on any atom is -0.455 e. The Labute approximate surface area is 152 Å². The third kappa shape index (κ3) is 5.05. The molecule has 0 saturated heterocycles. The van der Waals surface area contributed by atoms with E-state index in [4.69, 9.17) is 4.74 Å². The van der Waals surface area contributed by atoms with E-state index in [-0.39, 0.29) is 31.5 Å². The first kappa shape index (κ1) is 17.9. The Hall–Kier alpha value is -2.89. The second kappa shape index (κ2) is 7.99. The van der Waals surface area contributed by atoms with Gasteiger partial charge < -0.3 is 15.0 Å². The molecule has 3 rings (SSSR count). The Kier molecular flexibility index (Phi) is 5.51. The molecule has 1 aliphatic rings. The van der Waals surface area contributed by atoms with Crippen LogP contribution in [0.5, 0.6) is 0 Å². The fourth-order valence-electron chi connectivity index (χ4n) is 2.62. The van der Waals surface area contributed by atoms with Crippen molar-refractivity contribution in [3.8, 4) is 0 Å². The molecule has 2 aromatic rings. The molecule has 0 aromatic heterocycles. The molecule has 0 unspecified atom stereocenters. The number of esters is 1. The lowest BCUT2D eigenvalue weighted by Crippen LogP contribution is -2.40. The summed E-state index contributed by atoms with van der Waals surface area (Å²) in [4.78, 5) is 36.9. The van der Waals surface area contributed by atoms with Crippen LogP contribution in [-0.2, 0) is 25.5 Å². The maximum Gasteiger partial charge on any atom is 0.310 e. The van der Waals surface area contributed by atoms with Gasteiger partial charge in [-0.2, -0.15) is 0 Å². The monoisotopic (exact) mass is 354 g/mol. The maximum absolute atomic E-state index is 12.0. The van der Waals surface area contributed by atoms with Crippen molar-refractivity contribution in [3.63, 3.8) is 0 Å². The summed E-state index contributed by atoms with van der Waals surface area (Å²) < 4.78 is 5.05. The van der Waals surface area contributed by atoms with Crippen LogP contribution in [0.2, 0.25) is 0 Å². The van der Waals surface area contributed by atoms with Crippen LogP contribution in [0.1, 0.15) is 18.4 Å². The topological polar surface area (TPSA) is 75.7 Å². The summed E-state index contributed by atoms with van der Waals surface area (Å²) in [5.41, 5.74) is 0.832. The highest BCUT2D eigenvalue weighted by molar-refractivity contribution is 5.87. The van der Waals surface area contributed by atoms with Gasteiger partial charge in [-0.05, 0) is 29.2 Å². The summed E-state index contributed by atoms with van der Waals surface area (Å²) in [6.45, 7) is -0.392. The number of nitrogens with one attached hydrogen (secondary N) is 1. The molecule has 0 heterocycles. The third-order valence-corrected chi connectivity index (χ3v) is 4.27. The highest BCUT2D eigenvalue weighted by Gasteiger charge is 2.24. The zero-order chi connectivity index (χ0) is 18.5. The minimum absolute atomic E-state index is 0.0302. The SMILES string of the molecule is CN(CC(=O)NC1CC1)C(=O)COC(=O)Cc1ccc2ccccc2c1. The van der Waals surface area contributed by atoms with Crippen molar-refractivity contribution < 1.29 is 19.1 Å². The number of amides is 2. The molecule has 6 heteroatoms. The minimum atomic E-state index is -0.468. The molecule has 26 heavy (non-hydrogen) atoms. The third-order valence-electron chi connectivity index (χ3n) is 4.27. The number of fused-ring (bicyclic) bond motifs is 1. The lowest BCUT2D eigenvalue weighted by molar-refractivity contribution is -0.151. The van der Waals surface area contributed by atoms with E-state index in [0.717, 1.165) is 29.2 Å². The molecular formula is C20H22N2O4. The van der Waals surface area contributed by atoms with Crippen LogP contribution < -0.4 is 5.32 Å². The van der Waals surface area contributed by atoms with Crippen molar-refractivity contribution in [2.24, 2.45) is 0 Å². The van der Waals surface area contributed by atoms with Crippen LogP contribution in [0, 0.1) is 0 Å². The number of hydrogen-bond acceptors (Lipinski definition) is 4. The van der Waals surface area contributed by atoms with Crippen LogP contribution in [0.4, 0.5) is 0 Å². The van der Waals surface area contributed by atoms with E-state index in [1.165, 1.54) is 11.9 Å². The predicted molar refractivity (Wildman–Crippen MR) is 97.4 cm³/mol. The van der Waals surface area contributed by atoms with E-state index in [1.807, 2.05) is 42.5 Å². The molecule has 2 aromatic carbocycles. The van der Waals surface area contributed by atoms with Gasteiger partial charge in [-0.3, -0.25) is 14.4 Å². The van der Waals surface area contributed by atoms with Gasteiger partial charge in [0.2, 0.25) is 5.91 Å². The molecule has 0 radical (unpaired) electrons. The number of carbonyl (C=O) groups is 3. The van der Waals surface area contributed by atoms with Gasteiger partial charge in [0.25, 0.3) is 5.91 Å². The number of likely N-dealkylation sites (N-methyl/N-ethyl adjacent to an activating group) is 1. The van der Waals surface area contributed by atoms with Crippen LogP contribution >= 0.6 is 0 Å². The first-order chi connectivity index (χ1) is 12.5. The normalized spacial score (nSPS) is 13.3. The van der Waals surface area contributed by atoms with E-state index in [9.17, 15) is 14.4 Å². The van der Waals surface area contributed by atoms with Gasteiger partial charge in [0.05, 0.1) is 13.0 Å². The molecule has 6 nitrogen and oxygen atoms in total. The standard InChI is InChI=1S/C20H22N2O4/c1-22(12-18(23)21-17-8-9-17)19(24)13-26-20(25)11-14-6-7-15-4-2-3-5-16(15)10-14/h2-7,10,17H,8-9,11-13H2,1H3,(H,21,23). The van der Waals surface area contributed by atoms with Gasteiger partial charge in [0.1, 0.15) is 0 Å². The number of carbonyl (C=O) groups excluding carboxylic acids is 3. The van der Waals surface area contributed by atoms with Gasteiger partial charge >= 0.3 is 5.97 Å². The van der Waals surface area contributed by atoms with E-state index < -0.39 is 11.9 Å². The second-order valence-electron chi connectivity index (χ2n) is 6.61. The highest BCUT2D eigenvalue weighted by atomic mass is 16.5. The van der Waals surface area contributed by atoms with E-state index >= 15 is 0 Å². The molecule has 0 atom stereocenters. The average molecular weight is 354 g/mol. The van der Waals surface area contributed by atoms with Gasteiger partial charge in [-0.25, -0.2) is 0 Å². The number of benzene rings is 2. The number of rotatable bonds is 7. The first-order valence-corrected chi connectivity index (χ1v) is 8.68. The predicted octanol–water partition coefficient (Wildman–Crippen LogP) is 1.66. The fraction of sp³-hybridized carbons (Fsp3) is 0.350. The van der Waals surface area contributed by atoms with E-state index in [0.29, 0.717) is 0 Å². The van der Waals surface area contributed by atoms with Gasteiger partial charge in [0.15, 0.2) is 6.61 Å². The Morgan fingerprint density at radius 1 is 1.12 bits per heavy atom. The maximum atomic E-state index is 12.0. The lowest BCUT2D eigenvalue weighted by Gasteiger charge is -2.16. The van der Waals surface area contributed by atoms with Crippen LogP contribution in [0.25, 0.3) is 10.8 Å². The van der Waals surface area contributed by atoms with Crippen LogP contribution in [0.15, 0.2) is 42.5 Å². The van der Waals surface area contributed by atoms with Crippen molar-refractivity contribution >= 4 is 28.6 Å². The Balaban J connectivity index is 1.44. The van der Waals surface area contributed by atoms with Gasteiger partial charge in [0, 0.05) is 13.1 Å². The largest absolute Gasteiger partial charge is 0.455 e. The van der Waals surface area contributed by atoms with Gasteiger partial charge in [-0.1, -0.05) is 42.5 Å². The number of hydrogen-bond donors (Lipinski definition) is 1. The summed E-state index contributed by atoms with van der Waals surface area (Å²) >= 11 is 0.